The number of methoxy groups -OCH3 is 4. The van der Waals surface area contributed by atoms with Crippen molar-refractivity contribution < 1.29 is 23.7 Å². The second-order valence-corrected chi connectivity index (χ2v) is 8.03. The van der Waals surface area contributed by atoms with E-state index in [4.69, 9.17) is 31.2 Å². The molecule has 0 N–H and O–H groups in total. The number of benzene rings is 2. The highest BCUT2D eigenvalue weighted by molar-refractivity contribution is 8.26. The van der Waals surface area contributed by atoms with Gasteiger partial charge in [0.1, 0.15) is 10.1 Å². The molecule has 0 aromatic heterocycles. The van der Waals surface area contributed by atoms with Crippen LogP contribution in [0.5, 0.6) is 23.0 Å². The molecule has 30 heavy (non-hydrogen) atoms. The molecule has 0 spiro atoms. The molecule has 0 saturated carbocycles. The number of carbonyl (C=O) groups excluding carboxylic acids is 1. The van der Waals surface area contributed by atoms with Crippen LogP contribution in [-0.2, 0) is 11.2 Å². The van der Waals surface area contributed by atoms with Crippen molar-refractivity contribution in [3.63, 3.8) is 0 Å². The third-order valence-corrected chi connectivity index (χ3v) is 6.06. The van der Waals surface area contributed by atoms with Gasteiger partial charge >= 0.3 is 0 Å². The summed E-state index contributed by atoms with van der Waals surface area (Å²) in [6.45, 7) is 0.511. The Morgan fingerprint density at radius 3 is 2.23 bits per heavy atom. The van der Waals surface area contributed by atoms with Gasteiger partial charge in [0.25, 0.3) is 5.91 Å². The fourth-order valence-corrected chi connectivity index (χ4v) is 4.40. The Hall–Kier alpha value is -2.71. The third kappa shape index (κ3) is 4.55. The quantitative estimate of drug-likeness (QED) is 0.447. The second kappa shape index (κ2) is 9.86. The highest BCUT2D eigenvalue weighted by Crippen LogP contribution is 2.42. The standard InChI is InChI=1S/C22H23NO5S2/c1-25-16-8-5-14(6-9-16)11-12-23-21(24)18(30-22(23)29)13-15-7-10-17(26-2)20(28-4)19(15)27-3/h5-10,13H,11-12H2,1-4H3/b18-13-. The van der Waals surface area contributed by atoms with Crippen molar-refractivity contribution in [1.82, 2.24) is 4.90 Å². The second-order valence-electron chi connectivity index (χ2n) is 6.35. The number of rotatable bonds is 8. The number of thioether (sulfide) groups is 1. The fraction of sp³-hybridized carbons (Fsp3) is 0.273. The summed E-state index contributed by atoms with van der Waals surface area (Å²) in [4.78, 5) is 15.1. The lowest BCUT2D eigenvalue weighted by Crippen LogP contribution is -2.30. The van der Waals surface area contributed by atoms with E-state index in [0.717, 1.165) is 11.3 Å². The summed E-state index contributed by atoms with van der Waals surface area (Å²) in [7, 11) is 6.29. The van der Waals surface area contributed by atoms with Crippen LogP contribution in [0.3, 0.4) is 0 Å². The number of ether oxygens (including phenoxy) is 4. The molecule has 2 aromatic rings. The molecule has 1 heterocycles. The molecule has 158 valence electrons. The molecule has 1 aliphatic rings. The summed E-state index contributed by atoms with van der Waals surface area (Å²) in [5.74, 6) is 2.22. The average Bonchev–Trinajstić information content (AvgIpc) is 3.04. The molecule has 6 nitrogen and oxygen atoms in total. The predicted molar refractivity (Wildman–Crippen MR) is 123 cm³/mol. The molecule has 3 rings (SSSR count). The van der Waals surface area contributed by atoms with Gasteiger partial charge in [-0.3, -0.25) is 9.69 Å². The molecule has 0 bridgehead atoms. The number of amides is 1. The van der Waals surface area contributed by atoms with Gasteiger partial charge in [-0.2, -0.15) is 0 Å². The molecule has 1 fully saturated rings. The molecule has 1 aliphatic heterocycles. The van der Waals surface area contributed by atoms with E-state index in [-0.39, 0.29) is 5.91 Å². The number of carbonyl (C=O) groups is 1. The van der Waals surface area contributed by atoms with E-state index in [9.17, 15) is 4.79 Å². The topological polar surface area (TPSA) is 57.2 Å². The molecule has 8 heteroatoms. The highest BCUT2D eigenvalue weighted by atomic mass is 32.2. The molecule has 0 radical (unpaired) electrons. The van der Waals surface area contributed by atoms with E-state index >= 15 is 0 Å². The van der Waals surface area contributed by atoms with Crippen molar-refractivity contribution in [3.8, 4) is 23.0 Å². The van der Waals surface area contributed by atoms with Crippen molar-refractivity contribution in [2.24, 2.45) is 0 Å². The summed E-state index contributed by atoms with van der Waals surface area (Å²) in [5.41, 5.74) is 1.82. The summed E-state index contributed by atoms with van der Waals surface area (Å²) < 4.78 is 22.0. The average molecular weight is 446 g/mol. The largest absolute Gasteiger partial charge is 0.497 e. The van der Waals surface area contributed by atoms with Gasteiger partial charge in [0.05, 0.1) is 33.3 Å². The van der Waals surface area contributed by atoms with Crippen LogP contribution in [-0.4, -0.2) is 50.1 Å². The Morgan fingerprint density at radius 1 is 0.933 bits per heavy atom. The van der Waals surface area contributed by atoms with Gasteiger partial charge in [-0.05, 0) is 42.3 Å². The van der Waals surface area contributed by atoms with Crippen LogP contribution in [0, 0.1) is 0 Å². The third-order valence-electron chi connectivity index (χ3n) is 4.68. The van der Waals surface area contributed by atoms with Crippen LogP contribution >= 0.6 is 24.0 Å². The summed E-state index contributed by atoms with van der Waals surface area (Å²) in [5, 5.41) is 0. The van der Waals surface area contributed by atoms with E-state index in [0.29, 0.717) is 45.0 Å². The van der Waals surface area contributed by atoms with Crippen molar-refractivity contribution in [2.45, 2.75) is 6.42 Å². The first kappa shape index (κ1) is 22.0. The molecular formula is C22H23NO5S2. The van der Waals surface area contributed by atoms with E-state index in [2.05, 4.69) is 0 Å². The Labute approximate surface area is 185 Å². The highest BCUT2D eigenvalue weighted by Gasteiger charge is 2.32. The van der Waals surface area contributed by atoms with Crippen LogP contribution in [0.25, 0.3) is 6.08 Å². The first-order valence-electron chi connectivity index (χ1n) is 9.19. The first-order valence-corrected chi connectivity index (χ1v) is 10.4. The maximum Gasteiger partial charge on any atom is 0.266 e. The smallest absolute Gasteiger partial charge is 0.266 e. The zero-order valence-electron chi connectivity index (χ0n) is 17.3. The summed E-state index contributed by atoms with van der Waals surface area (Å²) in [6, 6.07) is 11.4. The van der Waals surface area contributed by atoms with Crippen LogP contribution in [0.2, 0.25) is 0 Å². The maximum atomic E-state index is 13.0. The fourth-order valence-electron chi connectivity index (χ4n) is 3.11. The van der Waals surface area contributed by atoms with Crippen molar-refractivity contribution >= 4 is 40.3 Å². The number of hydrogen-bond donors (Lipinski definition) is 0. The van der Waals surface area contributed by atoms with Crippen LogP contribution in [0.1, 0.15) is 11.1 Å². The number of hydrogen-bond acceptors (Lipinski definition) is 7. The van der Waals surface area contributed by atoms with E-state index in [1.165, 1.54) is 11.8 Å². The minimum atomic E-state index is -0.115. The Balaban J connectivity index is 1.79. The Morgan fingerprint density at radius 2 is 1.63 bits per heavy atom. The van der Waals surface area contributed by atoms with Gasteiger partial charge in [-0.15, -0.1) is 0 Å². The van der Waals surface area contributed by atoms with Crippen molar-refractivity contribution in [3.05, 3.63) is 52.4 Å². The van der Waals surface area contributed by atoms with Gasteiger partial charge in [0.15, 0.2) is 11.5 Å². The lowest BCUT2D eigenvalue weighted by Gasteiger charge is -2.15. The molecule has 2 aromatic carbocycles. The van der Waals surface area contributed by atoms with Gasteiger partial charge in [-0.25, -0.2) is 0 Å². The van der Waals surface area contributed by atoms with Gasteiger partial charge in [0, 0.05) is 12.1 Å². The lowest BCUT2D eigenvalue weighted by molar-refractivity contribution is -0.122. The predicted octanol–water partition coefficient (Wildman–Crippen LogP) is 4.16. The molecule has 0 unspecified atom stereocenters. The molecule has 1 saturated heterocycles. The van der Waals surface area contributed by atoms with E-state index < -0.39 is 0 Å². The monoisotopic (exact) mass is 445 g/mol. The summed E-state index contributed by atoms with van der Waals surface area (Å²) >= 11 is 6.73. The molecule has 0 atom stereocenters. The lowest BCUT2D eigenvalue weighted by atomic mass is 10.1. The normalized spacial score (nSPS) is 14.9. The van der Waals surface area contributed by atoms with Crippen LogP contribution in [0.15, 0.2) is 41.3 Å². The van der Waals surface area contributed by atoms with E-state index in [1.54, 1.807) is 45.5 Å². The summed E-state index contributed by atoms with van der Waals surface area (Å²) in [6.07, 6.45) is 2.47. The Bertz CT molecular complexity index is 972. The van der Waals surface area contributed by atoms with Crippen molar-refractivity contribution in [2.75, 3.05) is 35.0 Å². The van der Waals surface area contributed by atoms with Crippen molar-refractivity contribution in [1.29, 1.82) is 0 Å². The minimum absolute atomic E-state index is 0.115. The zero-order chi connectivity index (χ0) is 21.7. The molecular weight excluding hydrogens is 422 g/mol. The zero-order valence-corrected chi connectivity index (χ0v) is 18.9. The van der Waals surface area contributed by atoms with Crippen LogP contribution < -0.4 is 18.9 Å². The molecule has 1 amide bonds. The Kier molecular flexibility index (Phi) is 7.23. The number of nitrogens with zero attached hydrogens (tertiary/aromatic N) is 1. The van der Waals surface area contributed by atoms with Gasteiger partial charge < -0.3 is 18.9 Å². The SMILES string of the molecule is COc1ccc(CCN2C(=O)/C(=C/c3ccc(OC)c(OC)c3OC)SC2=S)cc1. The van der Waals surface area contributed by atoms with Gasteiger partial charge in [0.2, 0.25) is 5.75 Å². The van der Waals surface area contributed by atoms with Gasteiger partial charge in [-0.1, -0.05) is 36.1 Å². The number of thiocarbonyl (C=S) groups is 1. The molecule has 0 aliphatic carbocycles. The minimum Gasteiger partial charge on any atom is -0.497 e. The maximum absolute atomic E-state index is 13.0. The van der Waals surface area contributed by atoms with E-state index in [1.807, 2.05) is 30.3 Å². The van der Waals surface area contributed by atoms with Crippen LogP contribution in [0.4, 0.5) is 0 Å². The first-order chi connectivity index (χ1) is 14.5.